The number of likely N-dealkylation sites (N-methyl/N-ethyl adjacent to an activating group) is 1. The lowest BCUT2D eigenvalue weighted by Crippen LogP contribution is -2.49. The molecule has 0 saturated heterocycles. The maximum absolute atomic E-state index is 6.55. The van der Waals surface area contributed by atoms with Gasteiger partial charge in [-0.25, -0.2) is 0 Å². The molecule has 1 rings (SSSR count). The summed E-state index contributed by atoms with van der Waals surface area (Å²) in [6.07, 6.45) is 16.3. The predicted octanol–water partition coefficient (Wildman–Crippen LogP) is 4.72. The van der Waals surface area contributed by atoms with Gasteiger partial charge >= 0.3 is 0 Å². The van der Waals surface area contributed by atoms with E-state index in [1.807, 2.05) is 0 Å². The number of nitrogens with zero attached hydrogens (tertiary/aromatic N) is 1. The Balaban J connectivity index is 2.55. The van der Waals surface area contributed by atoms with Crippen molar-refractivity contribution in [3.05, 3.63) is 0 Å². The second-order valence-electron chi connectivity index (χ2n) is 6.94. The first-order chi connectivity index (χ1) is 9.66. The number of rotatable bonds is 4. The predicted molar refractivity (Wildman–Crippen MR) is 90.1 cm³/mol. The molecule has 0 heterocycles. The first-order valence-corrected chi connectivity index (χ1v) is 9.14. The van der Waals surface area contributed by atoms with Crippen molar-refractivity contribution >= 4 is 0 Å². The first-order valence-electron chi connectivity index (χ1n) is 9.14. The third kappa shape index (κ3) is 6.58. The minimum Gasteiger partial charge on any atom is -0.326 e. The van der Waals surface area contributed by atoms with Crippen LogP contribution in [0.4, 0.5) is 0 Å². The lowest BCUT2D eigenvalue weighted by molar-refractivity contribution is 0.136. The molecule has 0 aromatic rings. The SMILES string of the molecule is CCCC(C)N(C)C1CCCCCCCCCCC1N. The Bertz CT molecular complexity index is 229. The summed E-state index contributed by atoms with van der Waals surface area (Å²) in [6, 6.07) is 1.64. The quantitative estimate of drug-likeness (QED) is 0.808. The van der Waals surface area contributed by atoms with Gasteiger partial charge in [0.25, 0.3) is 0 Å². The van der Waals surface area contributed by atoms with Crippen molar-refractivity contribution in [2.75, 3.05) is 7.05 Å². The summed E-state index contributed by atoms with van der Waals surface area (Å²) in [5.41, 5.74) is 6.55. The zero-order chi connectivity index (χ0) is 14.8. The fraction of sp³-hybridized carbons (Fsp3) is 1.00. The van der Waals surface area contributed by atoms with E-state index in [1.165, 1.54) is 77.0 Å². The molecule has 2 heteroatoms. The van der Waals surface area contributed by atoms with Crippen molar-refractivity contribution in [3.8, 4) is 0 Å². The van der Waals surface area contributed by atoms with E-state index in [9.17, 15) is 0 Å². The molecule has 0 aromatic carbocycles. The van der Waals surface area contributed by atoms with Crippen LogP contribution in [0.15, 0.2) is 0 Å². The molecule has 0 aromatic heterocycles. The van der Waals surface area contributed by atoms with E-state index in [0.717, 1.165) is 0 Å². The van der Waals surface area contributed by atoms with Gasteiger partial charge in [0.05, 0.1) is 0 Å². The van der Waals surface area contributed by atoms with Crippen molar-refractivity contribution in [1.82, 2.24) is 4.90 Å². The summed E-state index contributed by atoms with van der Waals surface area (Å²) in [5.74, 6) is 0. The van der Waals surface area contributed by atoms with Crippen LogP contribution in [0.3, 0.4) is 0 Å². The van der Waals surface area contributed by atoms with E-state index >= 15 is 0 Å². The first kappa shape index (κ1) is 18.0. The lowest BCUT2D eigenvalue weighted by Gasteiger charge is -2.37. The second-order valence-corrected chi connectivity index (χ2v) is 6.94. The smallest absolute Gasteiger partial charge is 0.0246 e. The van der Waals surface area contributed by atoms with Crippen LogP contribution in [0.1, 0.15) is 90.9 Å². The van der Waals surface area contributed by atoms with Crippen molar-refractivity contribution in [2.45, 2.75) is 109 Å². The van der Waals surface area contributed by atoms with Crippen LogP contribution in [0.2, 0.25) is 0 Å². The van der Waals surface area contributed by atoms with Gasteiger partial charge in [-0.05, 0) is 33.2 Å². The van der Waals surface area contributed by atoms with Crippen LogP contribution in [0.25, 0.3) is 0 Å². The van der Waals surface area contributed by atoms with Gasteiger partial charge in [0.15, 0.2) is 0 Å². The zero-order valence-corrected chi connectivity index (χ0v) is 14.2. The maximum atomic E-state index is 6.55. The average molecular weight is 283 g/mol. The van der Waals surface area contributed by atoms with Gasteiger partial charge in [-0.3, -0.25) is 4.90 Å². The van der Waals surface area contributed by atoms with Gasteiger partial charge in [-0.2, -0.15) is 0 Å². The molecule has 0 spiro atoms. The molecule has 1 fully saturated rings. The molecule has 2 nitrogen and oxygen atoms in total. The van der Waals surface area contributed by atoms with Gasteiger partial charge in [-0.15, -0.1) is 0 Å². The zero-order valence-electron chi connectivity index (χ0n) is 14.2. The summed E-state index contributed by atoms with van der Waals surface area (Å²) in [5, 5.41) is 0. The lowest BCUT2D eigenvalue weighted by atomic mass is 9.92. The summed E-state index contributed by atoms with van der Waals surface area (Å²) in [7, 11) is 2.30. The highest BCUT2D eigenvalue weighted by Gasteiger charge is 2.24. The maximum Gasteiger partial charge on any atom is 0.0246 e. The van der Waals surface area contributed by atoms with E-state index in [4.69, 9.17) is 5.73 Å². The summed E-state index contributed by atoms with van der Waals surface area (Å²) in [6.45, 7) is 4.65. The van der Waals surface area contributed by atoms with Crippen LogP contribution in [-0.2, 0) is 0 Å². The molecule has 0 radical (unpaired) electrons. The van der Waals surface area contributed by atoms with E-state index in [0.29, 0.717) is 18.1 Å². The van der Waals surface area contributed by atoms with Crippen molar-refractivity contribution in [3.63, 3.8) is 0 Å². The normalized spacial score (nSPS) is 28.6. The van der Waals surface area contributed by atoms with Crippen LogP contribution < -0.4 is 5.73 Å². The molecule has 20 heavy (non-hydrogen) atoms. The molecule has 3 atom stereocenters. The molecular weight excluding hydrogens is 244 g/mol. The fourth-order valence-corrected chi connectivity index (χ4v) is 3.65. The molecule has 0 bridgehead atoms. The van der Waals surface area contributed by atoms with Crippen molar-refractivity contribution < 1.29 is 0 Å². The molecule has 1 saturated carbocycles. The minimum absolute atomic E-state index is 0.374. The molecule has 120 valence electrons. The summed E-state index contributed by atoms with van der Waals surface area (Å²) >= 11 is 0. The Hall–Kier alpha value is -0.0800. The summed E-state index contributed by atoms with van der Waals surface area (Å²) < 4.78 is 0. The van der Waals surface area contributed by atoms with Gasteiger partial charge < -0.3 is 5.73 Å². The Kier molecular flexibility index (Phi) is 9.54. The van der Waals surface area contributed by atoms with Crippen molar-refractivity contribution in [1.29, 1.82) is 0 Å². The van der Waals surface area contributed by atoms with Crippen LogP contribution >= 0.6 is 0 Å². The summed E-state index contributed by atoms with van der Waals surface area (Å²) in [4.78, 5) is 2.58. The Morgan fingerprint density at radius 3 is 2.00 bits per heavy atom. The Labute approximate surface area is 127 Å². The van der Waals surface area contributed by atoms with Crippen LogP contribution in [-0.4, -0.2) is 30.1 Å². The van der Waals surface area contributed by atoms with Crippen LogP contribution in [0, 0.1) is 0 Å². The number of hydrogen-bond donors (Lipinski definition) is 1. The van der Waals surface area contributed by atoms with E-state index in [-0.39, 0.29) is 0 Å². The molecular formula is C18H38N2. The average Bonchev–Trinajstić information content (AvgIpc) is 2.42. The second kappa shape index (κ2) is 10.6. The number of hydrogen-bond acceptors (Lipinski definition) is 2. The fourth-order valence-electron chi connectivity index (χ4n) is 3.65. The molecule has 3 unspecified atom stereocenters. The molecule has 2 N–H and O–H groups in total. The van der Waals surface area contributed by atoms with Crippen molar-refractivity contribution in [2.24, 2.45) is 5.73 Å². The molecule has 0 amide bonds. The third-order valence-electron chi connectivity index (χ3n) is 5.21. The highest BCUT2D eigenvalue weighted by Crippen LogP contribution is 2.21. The molecule has 1 aliphatic rings. The monoisotopic (exact) mass is 282 g/mol. The molecule has 0 aliphatic heterocycles. The van der Waals surface area contributed by atoms with Crippen LogP contribution in [0.5, 0.6) is 0 Å². The van der Waals surface area contributed by atoms with E-state index in [2.05, 4.69) is 25.8 Å². The van der Waals surface area contributed by atoms with Gasteiger partial charge in [0.2, 0.25) is 0 Å². The van der Waals surface area contributed by atoms with Gasteiger partial charge in [0.1, 0.15) is 0 Å². The standard InChI is InChI=1S/C18H38N2/c1-4-13-16(2)20(3)18-15-12-10-8-6-5-7-9-11-14-17(18)19/h16-18H,4-15,19H2,1-3H3. The Morgan fingerprint density at radius 2 is 1.45 bits per heavy atom. The highest BCUT2D eigenvalue weighted by atomic mass is 15.2. The van der Waals surface area contributed by atoms with E-state index < -0.39 is 0 Å². The van der Waals surface area contributed by atoms with Gasteiger partial charge in [-0.1, -0.05) is 64.7 Å². The van der Waals surface area contributed by atoms with E-state index in [1.54, 1.807) is 0 Å². The topological polar surface area (TPSA) is 29.3 Å². The Morgan fingerprint density at radius 1 is 0.950 bits per heavy atom. The molecule has 1 aliphatic carbocycles. The third-order valence-corrected chi connectivity index (χ3v) is 5.21. The van der Waals surface area contributed by atoms with Gasteiger partial charge in [0, 0.05) is 18.1 Å². The highest BCUT2D eigenvalue weighted by molar-refractivity contribution is 4.83. The number of nitrogens with two attached hydrogens (primary N) is 1. The largest absolute Gasteiger partial charge is 0.326 e. The minimum atomic E-state index is 0.374.